The predicted octanol–water partition coefficient (Wildman–Crippen LogP) is 3.37. The van der Waals surface area contributed by atoms with Crippen molar-refractivity contribution in [2.45, 2.75) is 46.2 Å². The quantitative estimate of drug-likeness (QED) is 0.853. The van der Waals surface area contributed by atoms with Gasteiger partial charge in [-0.05, 0) is 30.5 Å². The zero-order valence-corrected chi connectivity index (χ0v) is 12.2. The van der Waals surface area contributed by atoms with Gasteiger partial charge >= 0.3 is 0 Å². The number of hydrogen-bond donors (Lipinski definition) is 1. The Hall–Kier alpha value is -1.22. The second-order valence-corrected chi connectivity index (χ2v) is 5.22. The average Bonchev–Trinajstić information content (AvgIpc) is 2.46. The number of rotatable bonds is 6. The van der Waals surface area contributed by atoms with Crippen molar-refractivity contribution < 1.29 is 9.47 Å². The van der Waals surface area contributed by atoms with E-state index in [9.17, 15) is 0 Å². The summed E-state index contributed by atoms with van der Waals surface area (Å²) in [6, 6.07) is 6.75. The van der Waals surface area contributed by atoms with E-state index in [1.165, 1.54) is 18.4 Å². The Morgan fingerprint density at radius 2 is 1.79 bits per heavy atom. The van der Waals surface area contributed by atoms with Crippen LogP contribution in [0.5, 0.6) is 11.5 Å². The summed E-state index contributed by atoms with van der Waals surface area (Å²) in [4.78, 5) is 0. The zero-order chi connectivity index (χ0) is 13.7. The minimum Gasteiger partial charge on any atom is -0.486 e. The maximum Gasteiger partial charge on any atom is 0.161 e. The lowest BCUT2D eigenvalue weighted by atomic mass is 9.95. The van der Waals surface area contributed by atoms with Gasteiger partial charge in [0.15, 0.2) is 11.5 Å². The molecule has 0 fully saturated rings. The molecule has 1 unspecified atom stereocenters. The lowest BCUT2D eigenvalue weighted by molar-refractivity contribution is 0.171. The van der Waals surface area contributed by atoms with Crippen molar-refractivity contribution >= 4 is 0 Å². The Morgan fingerprint density at radius 3 is 2.47 bits per heavy atom. The molecule has 0 saturated heterocycles. The van der Waals surface area contributed by atoms with Crippen LogP contribution in [0, 0.1) is 5.92 Å². The summed E-state index contributed by atoms with van der Waals surface area (Å²) >= 11 is 0. The lowest BCUT2D eigenvalue weighted by Crippen LogP contribution is -2.32. The van der Waals surface area contributed by atoms with Crippen molar-refractivity contribution in [3.05, 3.63) is 23.8 Å². The van der Waals surface area contributed by atoms with Crippen molar-refractivity contribution in [1.82, 2.24) is 5.32 Å². The largest absolute Gasteiger partial charge is 0.486 e. The molecule has 0 bridgehead atoms. The summed E-state index contributed by atoms with van der Waals surface area (Å²) < 4.78 is 11.1. The second kappa shape index (κ2) is 6.80. The fraction of sp³-hybridized carbons (Fsp3) is 0.625. The summed E-state index contributed by atoms with van der Waals surface area (Å²) in [6.07, 6.45) is 2.46. The van der Waals surface area contributed by atoms with E-state index in [2.05, 4.69) is 38.2 Å². The van der Waals surface area contributed by atoms with E-state index >= 15 is 0 Å². The SMILES string of the molecule is CCC(CC)C(C)NCc1ccc2c(c1)OCCO2. The van der Waals surface area contributed by atoms with Crippen molar-refractivity contribution in [3.63, 3.8) is 0 Å². The molecular formula is C16H25NO2. The van der Waals surface area contributed by atoms with Crippen molar-refractivity contribution in [2.75, 3.05) is 13.2 Å². The monoisotopic (exact) mass is 263 g/mol. The topological polar surface area (TPSA) is 30.5 Å². The molecular weight excluding hydrogens is 238 g/mol. The van der Waals surface area contributed by atoms with Crippen LogP contribution in [0.25, 0.3) is 0 Å². The van der Waals surface area contributed by atoms with Crippen LogP contribution in [-0.4, -0.2) is 19.3 Å². The van der Waals surface area contributed by atoms with E-state index in [4.69, 9.17) is 9.47 Å². The molecule has 1 aromatic carbocycles. The molecule has 0 saturated carbocycles. The van der Waals surface area contributed by atoms with Gasteiger partial charge < -0.3 is 14.8 Å². The van der Waals surface area contributed by atoms with Gasteiger partial charge in [-0.3, -0.25) is 0 Å². The number of hydrogen-bond acceptors (Lipinski definition) is 3. The number of fused-ring (bicyclic) bond motifs is 1. The maximum atomic E-state index is 5.61. The molecule has 0 aliphatic carbocycles. The fourth-order valence-electron chi connectivity index (χ4n) is 2.64. The predicted molar refractivity (Wildman–Crippen MR) is 77.8 cm³/mol. The zero-order valence-electron chi connectivity index (χ0n) is 12.2. The molecule has 1 atom stereocenters. The summed E-state index contributed by atoms with van der Waals surface area (Å²) in [5.74, 6) is 2.49. The molecule has 106 valence electrons. The van der Waals surface area contributed by atoms with E-state index in [0.29, 0.717) is 19.3 Å². The second-order valence-electron chi connectivity index (χ2n) is 5.22. The summed E-state index contributed by atoms with van der Waals surface area (Å²) in [5, 5.41) is 3.61. The van der Waals surface area contributed by atoms with Gasteiger partial charge in [0.25, 0.3) is 0 Å². The van der Waals surface area contributed by atoms with Gasteiger partial charge in [0.05, 0.1) is 0 Å². The molecule has 1 aliphatic rings. The van der Waals surface area contributed by atoms with Crippen LogP contribution in [0.4, 0.5) is 0 Å². The first-order valence-corrected chi connectivity index (χ1v) is 7.36. The third-order valence-electron chi connectivity index (χ3n) is 3.99. The van der Waals surface area contributed by atoms with Gasteiger partial charge in [-0.25, -0.2) is 0 Å². The molecule has 1 aliphatic heterocycles. The highest BCUT2D eigenvalue weighted by atomic mass is 16.6. The molecule has 3 heteroatoms. The van der Waals surface area contributed by atoms with E-state index in [0.717, 1.165) is 24.0 Å². The molecule has 1 heterocycles. The smallest absolute Gasteiger partial charge is 0.161 e. The first-order chi connectivity index (χ1) is 9.24. The number of benzene rings is 1. The normalized spacial score (nSPS) is 15.6. The van der Waals surface area contributed by atoms with E-state index in [1.54, 1.807) is 0 Å². The fourth-order valence-corrected chi connectivity index (χ4v) is 2.64. The summed E-state index contributed by atoms with van der Waals surface area (Å²) in [7, 11) is 0. The molecule has 2 rings (SSSR count). The Labute approximate surface area is 116 Å². The van der Waals surface area contributed by atoms with Crippen LogP contribution < -0.4 is 14.8 Å². The third kappa shape index (κ3) is 3.63. The van der Waals surface area contributed by atoms with Crippen LogP contribution >= 0.6 is 0 Å². The van der Waals surface area contributed by atoms with Crippen molar-refractivity contribution in [3.8, 4) is 11.5 Å². The molecule has 19 heavy (non-hydrogen) atoms. The van der Waals surface area contributed by atoms with E-state index < -0.39 is 0 Å². The van der Waals surface area contributed by atoms with Gasteiger partial charge in [0.2, 0.25) is 0 Å². The van der Waals surface area contributed by atoms with Crippen LogP contribution in [0.15, 0.2) is 18.2 Å². The van der Waals surface area contributed by atoms with Gasteiger partial charge in [-0.15, -0.1) is 0 Å². The Balaban J connectivity index is 1.92. The molecule has 0 radical (unpaired) electrons. The molecule has 0 aromatic heterocycles. The third-order valence-corrected chi connectivity index (χ3v) is 3.99. The minimum absolute atomic E-state index is 0.545. The van der Waals surface area contributed by atoms with Gasteiger partial charge in [-0.2, -0.15) is 0 Å². The Morgan fingerprint density at radius 1 is 1.11 bits per heavy atom. The first-order valence-electron chi connectivity index (χ1n) is 7.36. The Bertz CT molecular complexity index is 402. The standard InChI is InChI=1S/C16H25NO2/c1-4-14(5-2)12(3)17-11-13-6-7-15-16(10-13)19-9-8-18-15/h6-7,10,12,14,17H,4-5,8-9,11H2,1-3H3. The summed E-state index contributed by atoms with van der Waals surface area (Å²) in [6.45, 7) is 8.97. The van der Waals surface area contributed by atoms with Crippen molar-refractivity contribution in [1.29, 1.82) is 0 Å². The minimum atomic E-state index is 0.545. The van der Waals surface area contributed by atoms with E-state index in [1.807, 2.05) is 6.07 Å². The van der Waals surface area contributed by atoms with Gasteiger partial charge in [0.1, 0.15) is 13.2 Å². The molecule has 1 aromatic rings. The summed E-state index contributed by atoms with van der Waals surface area (Å²) in [5.41, 5.74) is 1.25. The van der Waals surface area contributed by atoms with E-state index in [-0.39, 0.29) is 0 Å². The highest BCUT2D eigenvalue weighted by Gasteiger charge is 2.14. The molecule has 0 amide bonds. The van der Waals surface area contributed by atoms with Crippen molar-refractivity contribution in [2.24, 2.45) is 5.92 Å². The number of nitrogens with one attached hydrogen (secondary N) is 1. The highest BCUT2D eigenvalue weighted by molar-refractivity contribution is 5.43. The van der Waals surface area contributed by atoms with Gasteiger partial charge in [-0.1, -0.05) is 32.8 Å². The number of ether oxygens (including phenoxy) is 2. The highest BCUT2D eigenvalue weighted by Crippen LogP contribution is 2.30. The van der Waals surface area contributed by atoms with Crippen LogP contribution in [0.3, 0.4) is 0 Å². The Kier molecular flexibility index (Phi) is 5.08. The lowest BCUT2D eigenvalue weighted by Gasteiger charge is -2.23. The first kappa shape index (κ1) is 14.2. The molecule has 1 N–H and O–H groups in total. The molecule has 3 nitrogen and oxygen atoms in total. The average molecular weight is 263 g/mol. The van der Waals surface area contributed by atoms with Crippen LogP contribution in [0.1, 0.15) is 39.2 Å². The maximum absolute atomic E-state index is 5.61. The van der Waals surface area contributed by atoms with Crippen LogP contribution in [0.2, 0.25) is 0 Å². The molecule has 0 spiro atoms. The van der Waals surface area contributed by atoms with Crippen LogP contribution in [-0.2, 0) is 6.54 Å². The van der Waals surface area contributed by atoms with Gasteiger partial charge in [0, 0.05) is 12.6 Å².